The van der Waals surface area contributed by atoms with Gasteiger partial charge in [-0.3, -0.25) is 4.79 Å². The fraction of sp³-hybridized carbons (Fsp3) is 0.474. The van der Waals surface area contributed by atoms with Crippen molar-refractivity contribution in [3.8, 4) is 0 Å². The monoisotopic (exact) mass is 371 g/mol. The van der Waals surface area contributed by atoms with Crippen LogP contribution in [-0.2, 0) is 4.79 Å². The van der Waals surface area contributed by atoms with E-state index in [0.29, 0.717) is 12.5 Å². The van der Waals surface area contributed by atoms with Gasteiger partial charge in [0.2, 0.25) is 0 Å². The Balaban J connectivity index is 1.51. The fourth-order valence-corrected chi connectivity index (χ4v) is 4.79. The molecule has 6 nitrogen and oxygen atoms in total. The second-order valence-corrected chi connectivity index (χ2v) is 8.26. The summed E-state index contributed by atoms with van der Waals surface area (Å²) in [7, 11) is 0. The van der Waals surface area contributed by atoms with Crippen LogP contribution in [0.25, 0.3) is 11.0 Å². The fourth-order valence-electron chi connectivity index (χ4n) is 3.88. The second kappa shape index (κ2) is 7.32. The molecule has 1 amide bonds. The SMILES string of the molecule is Cc1c[nH]c2nccc(N3C=C(C(=O)NC[C@H]4CCC[C@@H]4N)SCC3)c12. The molecular weight excluding hydrogens is 346 g/mol. The maximum atomic E-state index is 12.6. The lowest BCUT2D eigenvalue weighted by atomic mass is 10.1. The normalized spacial score (nSPS) is 23.3. The summed E-state index contributed by atoms with van der Waals surface area (Å²) in [6.07, 6.45) is 9.11. The van der Waals surface area contributed by atoms with Gasteiger partial charge in [-0.2, -0.15) is 0 Å². The van der Waals surface area contributed by atoms with Crippen LogP contribution in [0.1, 0.15) is 24.8 Å². The van der Waals surface area contributed by atoms with Crippen molar-refractivity contribution < 1.29 is 4.79 Å². The van der Waals surface area contributed by atoms with Gasteiger partial charge in [-0.1, -0.05) is 6.42 Å². The van der Waals surface area contributed by atoms with Gasteiger partial charge in [-0.15, -0.1) is 11.8 Å². The molecule has 1 saturated carbocycles. The largest absolute Gasteiger partial charge is 0.351 e. The van der Waals surface area contributed by atoms with E-state index in [1.54, 1.807) is 11.8 Å². The van der Waals surface area contributed by atoms with Crippen molar-refractivity contribution in [3.05, 3.63) is 35.1 Å². The molecule has 26 heavy (non-hydrogen) atoms. The zero-order chi connectivity index (χ0) is 18.1. The zero-order valence-electron chi connectivity index (χ0n) is 15.0. The van der Waals surface area contributed by atoms with Crippen LogP contribution in [0.15, 0.2) is 29.6 Å². The Morgan fingerprint density at radius 3 is 3.19 bits per heavy atom. The summed E-state index contributed by atoms with van der Waals surface area (Å²) in [5, 5.41) is 4.20. The van der Waals surface area contributed by atoms with Crippen molar-refractivity contribution in [2.24, 2.45) is 11.7 Å². The van der Waals surface area contributed by atoms with Crippen molar-refractivity contribution in [1.82, 2.24) is 15.3 Å². The first kappa shape index (κ1) is 17.4. The molecule has 2 aromatic heterocycles. The van der Waals surface area contributed by atoms with Gasteiger partial charge in [0.15, 0.2) is 0 Å². The number of nitrogens with two attached hydrogens (primary N) is 1. The Kier molecular flexibility index (Phi) is 4.91. The van der Waals surface area contributed by atoms with Crippen LogP contribution in [0.3, 0.4) is 0 Å². The van der Waals surface area contributed by atoms with E-state index in [1.165, 1.54) is 6.42 Å². The third-order valence-electron chi connectivity index (χ3n) is 5.39. The molecule has 0 saturated heterocycles. The number of carbonyl (C=O) groups is 1. The molecular formula is C19H25N5OS. The van der Waals surface area contributed by atoms with Gasteiger partial charge >= 0.3 is 0 Å². The summed E-state index contributed by atoms with van der Waals surface area (Å²) in [6, 6.07) is 2.24. The van der Waals surface area contributed by atoms with Gasteiger partial charge in [0.05, 0.1) is 10.6 Å². The highest BCUT2D eigenvalue weighted by atomic mass is 32.2. The minimum Gasteiger partial charge on any atom is -0.351 e. The quantitative estimate of drug-likeness (QED) is 0.769. The predicted molar refractivity (Wildman–Crippen MR) is 107 cm³/mol. The maximum Gasteiger partial charge on any atom is 0.259 e. The molecule has 4 rings (SSSR count). The highest BCUT2D eigenvalue weighted by Crippen LogP contribution is 2.32. The summed E-state index contributed by atoms with van der Waals surface area (Å²) in [5.41, 5.74) is 9.25. The summed E-state index contributed by atoms with van der Waals surface area (Å²) >= 11 is 1.62. The number of amides is 1. The van der Waals surface area contributed by atoms with E-state index in [0.717, 1.165) is 52.3 Å². The number of rotatable bonds is 4. The average molecular weight is 372 g/mol. The maximum absolute atomic E-state index is 12.6. The molecule has 1 fully saturated rings. The van der Waals surface area contributed by atoms with Crippen molar-refractivity contribution >= 4 is 34.4 Å². The number of thioether (sulfide) groups is 1. The van der Waals surface area contributed by atoms with Gasteiger partial charge in [0, 0.05) is 48.9 Å². The first-order valence-electron chi connectivity index (χ1n) is 9.21. The first-order valence-corrected chi connectivity index (χ1v) is 10.2. The average Bonchev–Trinajstić information content (AvgIpc) is 3.25. The van der Waals surface area contributed by atoms with Crippen molar-refractivity contribution in [2.45, 2.75) is 32.2 Å². The van der Waals surface area contributed by atoms with E-state index >= 15 is 0 Å². The minimum atomic E-state index is 0.00916. The van der Waals surface area contributed by atoms with Crippen molar-refractivity contribution in [3.63, 3.8) is 0 Å². The molecule has 0 spiro atoms. The third-order valence-corrected chi connectivity index (χ3v) is 6.38. The predicted octanol–water partition coefficient (Wildman–Crippen LogP) is 2.51. The number of fused-ring (bicyclic) bond motifs is 1. The van der Waals surface area contributed by atoms with Crippen LogP contribution in [0.4, 0.5) is 5.69 Å². The highest BCUT2D eigenvalue weighted by Gasteiger charge is 2.25. The molecule has 1 aliphatic carbocycles. The number of anilines is 1. The lowest BCUT2D eigenvalue weighted by Crippen LogP contribution is -2.37. The Morgan fingerprint density at radius 2 is 2.38 bits per heavy atom. The molecule has 1 aliphatic heterocycles. The lowest BCUT2D eigenvalue weighted by Gasteiger charge is -2.27. The molecule has 7 heteroatoms. The number of hydrogen-bond acceptors (Lipinski definition) is 5. The topological polar surface area (TPSA) is 87.0 Å². The number of nitrogens with one attached hydrogen (secondary N) is 2. The standard InChI is InChI=1S/C19H25N5OS/c1-12-9-22-18-17(12)15(5-6-21-18)24-7-8-26-16(11-24)19(25)23-10-13-3-2-4-14(13)20/h5-6,9,11,13-14H,2-4,7-8,10,20H2,1H3,(H,21,22)(H,23,25)/t13-,14+/m1/s1. The van der Waals surface area contributed by atoms with Crippen LogP contribution >= 0.6 is 11.8 Å². The zero-order valence-corrected chi connectivity index (χ0v) is 15.8. The molecule has 2 aliphatic rings. The van der Waals surface area contributed by atoms with Gasteiger partial charge in [0.25, 0.3) is 5.91 Å². The number of nitrogens with zero attached hydrogens (tertiary/aromatic N) is 2. The van der Waals surface area contributed by atoms with E-state index < -0.39 is 0 Å². The Bertz CT molecular complexity index is 846. The van der Waals surface area contributed by atoms with E-state index in [-0.39, 0.29) is 11.9 Å². The van der Waals surface area contributed by atoms with Crippen LogP contribution in [-0.4, -0.2) is 40.8 Å². The van der Waals surface area contributed by atoms with Crippen molar-refractivity contribution in [1.29, 1.82) is 0 Å². The number of aryl methyl sites for hydroxylation is 1. The highest BCUT2D eigenvalue weighted by molar-refractivity contribution is 8.04. The van der Waals surface area contributed by atoms with Gasteiger partial charge < -0.3 is 20.9 Å². The summed E-state index contributed by atoms with van der Waals surface area (Å²) in [6.45, 7) is 3.62. The molecule has 2 aromatic rings. The van der Waals surface area contributed by atoms with E-state index in [9.17, 15) is 4.79 Å². The first-order chi connectivity index (χ1) is 12.6. The van der Waals surface area contributed by atoms with Crippen LogP contribution in [0, 0.1) is 12.8 Å². The van der Waals surface area contributed by atoms with E-state index in [4.69, 9.17) is 5.73 Å². The number of aromatic nitrogens is 2. The van der Waals surface area contributed by atoms with Crippen molar-refractivity contribution in [2.75, 3.05) is 23.7 Å². The molecule has 4 N–H and O–H groups in total. The van der Waals surface area contributed by atoms with Gasteiger partial charge in [0.1, 0.15) is 5.65 Å². The molecule has 2 atom stereocenters. The molecule has 0 bridgehead atoms. The van der Waals surface area contributed by atoms with Crippen LogP contribution < -0.4 is 16.0 Å². The minimum absolute atomic E-state index is 0.00916. The van der Waals surface area contributed by atoms with Crippen LogP contribution in [0.2, 0.25) is 0 Å². The van der Waals surface area contributed by atoms with Gasteiger partial charge in [-0.25, -0.2) is 4.98 Å². The third kappa shape index (κ3) is 3.33. The molecule has 0 unspecified atom stereocenters. The Labute approximate surface area is 157 Å². The van der Waals surface area contributed by atoms with Crippen LogP contribution in [0.5, 0.6) is 0 Å². The Hall–Kier alpha value is -1.99. The lowest BCUT2D eigenvalue weighted by molar-refractivity contribution is -0.117. The van der Waals surface area contributed by atoms with E-state index in [1.807, 2.05) is 24.7 Å². The molecule has 3 heterocycles. The molecule has 0 radical (unpaired) electrons. The number of carbonyl (C=O) groups excluding carboxylic acids is 1. The summed E-state index contributed by atoms with van der Waals surface area (Å²) < 4.78 is 0. The number of aromatic amines is 1. The number of H-pyrrole nitrogens is 1. The van der Waals surface area contributed by atoms with Gasteiger partial charge in [-0.05, 0) is 37.3 Å². The summed E-state index contributed by atoms with van der Waals surface area (Å²) in [5.74, 6) is 1.30. The Morgan fingerprint density at radius 1 is 1.50 bits per heavy atom. The number of hydrogen-bond donors (Lipinski definition) is 3. The smallest absolute Gasteiger partial charge is 0.259 e. The molecule has 0 aromatic carbocycles. The summed E-state index contributed by atoms with van der Waals surface area (Å²) in [4.78, 5) is 23.2. The number of pyridine rings is 1. The second-order valence-electron chi connectivity index (χ2n) is 7.13. The molecule has 138 valence electrons. The van der Waals surface area contributed by atoms with E-state index in [2.05, 4.69) is 27.1 Å².